The minimum atomic E-state index is -1.22. The van der Waals surface area contributed by atoms with E-state index in [0.717, 1.165) is 21.7 Å². The summed E-state index contributed by atoms with van der Waals surface area (Å²) in [4.78, 5) is 25.1. The number of carboxylic acid groups (broad SMARTS) is 1. The molecule has 0 bridgehead atoms. The van der Waals surface area contributed by atoms with E-state index in [1.54, 1.807) is 0 Å². The van der Waals surface area contributed by atoms with Crippen molar-refractivity contribution in [2.45, 2.75) is 24.8 Å². The Kier molecular flexibility index (Phi) is 8.84. The smallest absolute Gasteiger partial charge is 0.328 e. The Bertz CT molecular complexity index is 1360. The number of carbonyl (C=O) groups is 1. The zero-order valence-corrected chi connectivity index (χ0v) is 21.4. The number of nitrogens with zero attached hydrogens (tertiary/aromatic N) is 3. The summed E-state index contributed by atoms with van der Waals surface area (Å²) in [5, 5.41) is 23.9. The highest BCUT2D eigenvalue weighted by Gasteiger charge is 2.24. The van der Waals surface area contributed by atoms with Crippen molar-refractivity contribution in [1.82, 2.24) is 4.98 Å². The molecule has 0 aliphatic heterocycles. The molecule has 1 atom stereocenters. The largest absolute Gasteiger partial charge is 0.858 e. The molecule has 0 saturated heterocycles. The fourth-order valence-corrected chi connectivity index (χ4v) is 5.24. The van der Waals surface area contributed by atoms with Gasteiger partial charge in [0.1, 0.15) is 11.0 Å². The Morgan fingerprint density at radius 2 is 1.47 bits per heavy atom. The summed E-state index contributed by atoms with van der Waals surface area (Å²) in [6, 6.07) is 28.1. The number of benzene rings is 3. The topological polar surface area (TPSA) is 150 Å². The molecule has 0 amide bonds. The predicted molar refractivity (Wildman–Crippen MR) is 149 cm³/mol. The van der Waals surface area contributed by atoms with Crippen LogP contribution >= 0.6 is 11.3 Å². The SMILES string of the molecule is NC(N)=NCCC[C@H](N=C([O-])c1sc(C(c2ccccc2)c2ccccc2)nc1-c1ccccc1)C(=O)O. The molecule has 4 aromatic rings. The molecule has 0 aliphatic carbocycles. The van der Waals surface area contributed by atoms with Crippen LogP contribution in [-0.2, 0) is 4.79 Å². The maximum absolute atomic E-state index is 13.5. The normalized spacial score (nSPS) is 12.3. The van der Waals surface area contributed by atoms with Crippen LogP contribution in [0, 0.1) is 0 Å². The molecule has 1 aromatic heterocycles. The van der Waals surface area contributed by atoms with Gasteiger partial charge in [-0.25, -0.2) is 9.78 Å². The minimum Gasteiger partial charge on any atom is -0.858 e. The van der Waals surface area contributed by atoms with Gasteiger partial charge in [0.25, 0.3) is 0 Å². The third-order valence-electron chi connectivity index (χ3n) is 5.89. The highest BCUT2D eigenvalue weighted by Crippen LogP contribution is 2.38. The summed E-state index contributed by atoms with van der Waals surface area (Å²) in [5.74, 6) is -2.07. The lowest BCUT2D eigenvalue weighted by molar-refractivity contribution is -0.213. The predicted octanol–water partition coefficient (Wildman–Crippen LogP) is 3.60. The summed E-state index contributed by atoms with van der Waals surface area (Å²) < 4.78 is 0. The fourth-order valence-electron chi connectivity index (χ4n) is 4.10. The van der Waals surface area contributed by atoms with E-state index in [9.17, 15) is 15.0 Å². The molecular formula is C29H28N5O3S-. The van der Waals surface area contributed by atoms with E-state index in [2.05, 4.69) is 9.98 Å². The van der Waals surface area contributed by atoms with Gasteiger partial charge in [0.2, 0.25) is 0 Å². The monoisotopic (exact) mass is 526 g/mol. The van der Waals surface area contributed by atoms with Crippen molar-refractivity contribution in [1.29, 1.82) is 0 Å². The summed E-state index contributed by atoms with van der Waals surface area (Å²) >= 11 is 1.24. The van der Waals surface area contributed by atoms with Crippen molar-refractivity contribution in [2.75, 3.05) is 6.54 Å². The highest BCUT2D eigenvalue weighted by atomic mass is 32.1. The molecule has 0 radical (unpaired) electrons. The van der Waals surface area contributed by atoms with Gasteiger partial charge in [-0.05, 0) is 24.0 Å². The lowest BCUT2D eigenvalue weighted by Crippen LogP contribution is -2.27. The Hall–Kier alpha value is -4.50. The maximum Gasteiger partial charge on any atom is 0.328 e. The molecule has 0 fully saturated rings. The number of aliphatic carboxylic acids is 1. The van der Waals surface area contributed by atoms with Crippen LogP contribution in [0.3, 0.4) is 0 Å². The number of nitrogens with two attached hydrogens (primary N) is 2. The van der Waals surface area contributed by atoms with E-state index in [4.69, 9.17) is 16.5 Å². The van der Waals surface area contributed by atoms with E-state index >= 15 is 0 Å². The van der Waals surface area contributed by atoms with Crippen molar-refractivity contribution in [3.8, 4) is 11.3 Å². The van der Waals surface area contributed by atoms with Crippen LogP contribution in [0.1, 0.15) is 39.8 Å². The minimum absolute atomic E-state index is 0.0685. The quantitative estimate of drug-likeness (QED) is 0.154. The highest BCUT2D eigenvalue weighted by molar-refractivity contribution is 7.14. The van der Waals surface area contributed by atoms with E-state index in [0.29, 0.717) is 17.0 Å². The first-order valence-electron chi connectivity index (χ1n) is 12.1. The van der Waals surface area contributed by atoms with Crippen LogP contribution in [-0.4, -0.2) is 40.5 Å². The molecule has 1 heterocycles. The molecule has 9 heteroatoms. The lowest BCUT2D eigenvalue weighted by Gasteiger charge is -2.16. The Morgan fingerprint density at radius 1 is 0.921 bits per heavy atom. The van der Waals surface area contributed by atoms with Crippen LogP contribution in [0.4, 0.5) is 0 Å². The van der Waals surface area contributed by atoms with E-state index in [1.165, 1.54) is 11.3 Å². The van der Waals surface area contributed by atoms with Gasteiger partial charge in [0.05, 0.1) is 16.5 Å². The van der Waals surface area contributed by atoms with Gasteiger partial charge >= 0.3 is 5.97 Å². The van der Waals surface area contributed by atoms with E-state index in [1.807, 2.05) is 91.0 Å². The van der Waals surface area contributed by atoms with Crippen molar-refractivity contribution in [2.24, 2.45) is 21.5 Å². The average Bonchev–Trinajstić information content (AvgIpc) is 3.37. The Balaban J connectivity index is 1.78. The molecule has 194 valence electrons. The van der Waals surface area contributed by atoms with Gasteiger partial charge in [-0.2, -0.15) is 0 Å². The van der Waals surface area contributed by atoms with Crippen molar-refractivity contribution in [3.63, 3.8) is 0 Å². The maximum atomic E-state index is 13.5. The molecular weight excluding hydrogens is 498 g/mol. The van der Waals surface area contributed by atoms with Gasteiger partial charge < -0.3 is 21.7 Å². The van der Waals surface area contributed by atoms with Crippen LogP contribution in [0.25, 0.3) is 11.3 Å². The fraction of sp³-hybridized carbons (Fsp3) is 0.172. The zero-order valence-electron chi connectivity index (χ0n) is 20.6. The van der Waals surface area contributed by atoms with Gasteiger partial charge in [-0.3, -0.25) is 9.98 Å². The number of thiazole rings is 1. The second kappa shape index (κ2) is 12.6. The number of hydrogen-bond donors (Lipinski definition) is 3. The van der Waals surface area contributed by atoms with E-state index < -0.39 is 17.9 Å². The third kappa shape index (κ3) is 6.63. The number of aromatic nitrogens is 1. The molecule has 0 aliphatic rings. The van der Waals surface area contributed by atoms with Crippen molar-refractivity contribution >= 4 is 29.2 Å². The van der Waals surface area contributed by atoms with Gasteiger partial charge in [0.15, 0.2) is 5.96 Å². The number of carboxylic acids is 1. The molecule has 0 spiro atoms. The Labute approximate surface area is 225 Å². The van der Waals surface area contributed by atoms with Crippen LogP contribution in [0.5, 0.6) is 0 Å². The van der Waals surface area contributed by atoms with Gasteiger partial charge in [0, 0.05) is 18.0 Å². The van der Waals surface area contributed by atoms with Crippen molar-refractivity contribution in [3.05, 3.63) is 112 Å². The molecule has 8 nitrogen and oxygen atoms in total. The number of aliphatic imine (C=N–C) groups is 2. The van der Waals surface area contributed by atoms with Crippen LogP contribution < -0.4 is 16.6 Å². The van der Waals surface area contributed by atoms with Crippen LogP contribution in [0.2, 0.25) is 0 Å². The summed E-state index contributed by atoms with van der Waals surface area (Å²) in [7, 11) is 0. The van der Waals surface area contributed by atoms with Crippen molar-refractivity contribution < 1.29 is 15.0 Å². The third-order valence-corrected chi connectivity index (χ3v) is 6.99. The lowest BCUT2D eigenvalue weighted by atomic mass is 9.92. The molecule has 38 heavy (non-hydrogen) atoms. The molecule has 4 rings (SSSR count). The number of rotatable bonds is 11. The standard InChI is InChI=1S/C29H29N5O3S/c30-29(31)32-18-10-17-22(28(36)37)33-26(35)25-24(21-15-8-3-9-16-21)34-27(38-25)23(19-11-4-1-5-12-19)20-13-6-2-7-14-20/h1-9,11-16,22-23H,10,17-18H2,(H,33,35)(H,36,37)(H4,30,31,32)/p-1/t22-/m0/s1. The van der Waals surface area contributed by atoms with Gasteiger partial charge in [-0.1, -0.05) is 91.0 Å². The molecule has 5 N–H and O–H groups in total. The first-order chi connectivity index (χ1) is 18.4. The summed E-state index contributed by atoms with van der Waals surface area (Å²) in [6.07, 6.45) is 0.496. The Morgan fingerprint density at radius 3 is 2.00 bits per heavy atom. The van der Waals surface area contributed by atoms with Crippen LogP contribution in [0.15, 0.2) is 101 Å². The number of hydrogen-bond acceptors (Lipinski definition) is 6. The van der Waals surface area contributed by atoms with E-state index in [-0.39, 0.29) is 24.8 Å². The zero-order chi connectivity index (χ0) is 26.9. The summed E-state index contributed by atoms with van der Waals surface area (Å²) in [5.41, 5.74) is 14.0. The first-order valence-corrected chi connectivity index (χ1v) is 12.9. The molecule has 0 unspecified atom stereocenters. The average molecular weight is 527 g/mol. The summed E-state index contributed by atoms with van der Waals surface area (Å²) in [6.45, 7) is 0.256. The van der Waals surface area contributed by atoms with Gasteiger partial charge in [-0.15, -0.1) is 11.3 Å². The molecule has 0 saturated carbocycles. The second-order valence-corrected chi connectivity index (χ2v) is 9.62. The first kappa shape index (κ1) is 26.6. The number of guanidine groups is 1. The second-order valence-electron chi connectivity index (χ2n) is 8.59. The molecule has 3 aromatic carbocycles.